The lowest BCUT2D eigenvalue weighted by Gasteiger charge is -2.31. The fourth-order valence-electron chi connectivity index (χ4n) is 3.17. The van der Waals surface area contributed by atoms with Gasteiger partial charge in [-0.25, -0.2) is 8.42 Å². The second-order valence-electron chi connectivity index (χ2n) is 7.11. The van der Waals surface area contributed by atoms with Crippen LogP contribution in [0.3, 0.4) is 0 Å². The summed E-state index contributed by atoms with van der Waals surface area (Å²) in [7, 11) is -1.91. The van der Waals surface area contributed by atoms with Crippen LogP contribution in [0.25, 0.3) is 0 Å². The minimum Gasteiger partial charge on any atom is -0.369 e. The molecule has 10 nitrogen and oxygen atoms in total. The maximum Gasteiger partial charge on any atom is 0.294 e. The number of rotatable bonds is 7. The molecule has 0 unspecified atom stereocenters. The number of piperazine rings is 1. The van der Waals surface area contributed by atoms with Crippen LogP contribution in [0.15, 0.2) is 47.4 Å². The number of anilines is 2. The van der Waals surface area contributed by atoms with Gasteiger partial charge in [-0.15, -0.1) is 0 Å². The number of nitrogens with one attached hydrogen (secondary N) is 1. The van der Waals surface area contributed by atoms with Gasteiger partial charge in [-0.2, -0.15) is 4.31 Å². The van der Waals surface area contributed by atoms with E-state index in [2.05, 4.69) is 5.32 Å². The first-order valence-electron chi connectivity index (χ1n) is 9.28. The number of primary amides is 1. The Morgan fingerprint density at radius 2 is 1.77 bits per heavy atom. The molecule has 1 aliphatic rings. The van der Waals surface area contributed by atoms with E-state index in [1.54, 1.807) is 24.3 Å². The van der Waals surface area contributed by atoms with E-state index in [4.69, 9.17) is 5.73 Å². The molecule has 30 heavy (non-hydrogen) atoms. The summed E-state index contributed by atoms with van der Waals surface area (Å²) in [6.45, 7) is 1.88. The third-order valence-corrected chi connectivity index (χ3v) is 6.77. The second-order valence-corrected chi connectivity index (χ2v) is 9.05. The monoisotopic (exact) mass is 433 g/mol. The molecular weight excluding hydrogens is 410 g/mol. The van der Waals surface area contributed by atoms with E-state index in [1.165, 1.54) is 16.4 Å². The van der Waals surface area contributed by atoms with Crippen LogP contribution in [0, 0.1) is 10.1 Å². The fraction of sp³-hybridized carbons (Fsp3) is 0.316. The Kier molecular flexibility index (Phi) is 6.34. The Hall–Kier alpha value is -3.02. The van der Waals surface area contributed by atoms with E-state index in [0.29, 0.717) is 31.9 Å². The highest BCUT2D eigenvalue weighted by Gasteiger charge is 2.29. The number of hydrogen-bond donors (Lipinski definition) is 2. The van der Waals surface area contributed by atoms with Crippen LogP contribution in [0.5, 0.6) is 0 Å². The number of nitro groups is 1. The Labute approximate surface area is 174 Å². The minimum atomic E-state index is -3.82. The van der Waals surface area contributed by atoms with Crippen molar-refractivity contribution >= 4 is 33.0 Å². The van der Waals surface area contributed by atoms with E-state index in [-0.39, 0.29) is 22.7 Å². The third-order valence-electron chi connectivity index (χ3n) is 4.88. The molecule has 0 bridgehead atoms. The highest BCUT2D eigenvalue weighted by molar-refractivity contribution is 7.89. The zero-order valence-electron chi connectivity index (χ0n) is 16.4. The molecule has 0 aromatic heterocycles. The molecule has 2 aromatic rings. The molecule has 3 rings (SSSR count). The van der Waals surface area contributed by atoms with Crippen LogP contribution in [-0.2, 0) is 21.2 Å². The summed E-state index contributed by atoms with van der Waals surface area (Å²) < 4.78 is 27.1. The summed E-state index contributed by atoms with van der Waals surface area (Å²) in [5.74, 6) is -0.455. The van der Waals surface area contributed by atoms with Crippen molar-refractivity contribution in [1.29, 1.82) is 0 Å². The number of nitrogens with zero attached hydrogens (tertiary/aromatic N) is 3. The quantitative estimate of drug-likeness (QED) is 0.496. The molecule has 1 saturated heterocycles. The lowest BCUT2D eigenvalue weighted by atomic mass is 10.1. The number of sulfonamides is 1. The van der Waals surface area contributed by atoms with E-state index in [1.807, 2.05) is 11.9 Å². The molecule has 1 amide bonds. The van der Waals surface area contributed by atoms with E-state index < -0.39 is 20.9 Å². The molecule has 0 saturated carbocycles. The summed E-state index contributed by atoms with van der Waals surface area (Å²) in [5.41, 5.74) is 6.27. The number of amides is 1. The van der Waals surface area contributed by atoms with Gasteiger partial charge in [-0.3, -0.25) is 14.9 Å². The number of hydrogen-bond acceptors (Lipinski definition) is 7. The molecule has 3 N–H and O–H groups in total. The molecule has 1 heterocycles. The molecule has 0 atom stereocenters. The van der Waals surface area contributed by atoms with E-state index >= 15 is 0 Å². The molecule has 1 aliphatic heterocycles. The summed E-state index contributed by atoms with van der Waals surface area (Å²) in [6.07, 6.45) is 0.0965. The average Bonchev–Trinajstić information content (AvgIpc) is 2.69. The number of nitrogens with two attached hydrogens (primary N) is 1. The lowest BCUT2D eigenvalue weighted by Crippen LogP contribution is -2.47. The van der Waals surface area contributed by atoms with Gasteiger partial charge in [0.05, 0.1) is 16.2 Å². The molecule has 0 radical (unpaired) electrons. The van der Waals surface area contributed by atoms with Gasteiger partial charge in [0, 0.05) is 37.9 Å². The minimum absolute atomic E-state index is 0.0965. The van der Waals surface area contributed by atoms with Crippen molar-refractivity contribution in [3.8, 4) is 0 Å². The van der Waals surface area contributed by atoms with Gasteiger partial charge in [-0.1, -0.05) is 12.1 Å². The highest BCUT2D eigenvalue weighted by Crippen LogP contribution is 2.31. The van der Waals surface area contributed by atoms with Crippen LogP contribution in [0.1, 0.15) is 5.56 Å². The lowest BCUT2D eigenvalue weighted by molar-refractivity contribution is -0.384. The normalized spacial score (nSPS) is 15.6. The first-order chi connectivity index (χ1) is 14.2. The van der Waals surface area contributed by atoms with Gasteiger partial charge in [-0.05, 0) is 36.9 Å². The number of likely N-dealkylation sites (N-methyl/N-ethyl adjacent to an activating group) is 1. The summed E-state index contributed by atoms with van der Waals surface area (Å²) >= 11 is 0. The van der Waals surface area contributed by atoms with Gasteiger partial charge in [0.1, 0.15) is 5.69 Å². The number of benzene rings is 2. The number of nitro benzene ring substituents is 1. The van der Waals surface area contributed by atoms with Crippen LogP contribution < -0.4 is 11.1 Å². The van der Waals surface area contributed by atoms with Gasteiger partial charge in [0.15, 0.2) is 0 Å². The second kappa shape index (κ2) is 8.78. The average molecular weight is 433 g/mol. The van der Waals surface area contributed by atoms with Crippen LogP contribution in [-0.4, -0.2) is 61.7 Å². The predicted octanol–water partition coefficient (Wildman–Crippen LogP) is 1.30. The largest absolute Gasteiger partial charge is 0.369 e. The van der Waals surface area contributed by atoms with Crippen LogP contribution in [0.4, 0.5) is 17.1 Å². The summed E-state index contributed by atoms with van der Waals surface area (Å²) in [4.78, 5) is 23.9. The number of carbonyl (C=O) groups is 1. The number of carbonyl (C=O) groups excluding carboxylic acids is 1. The van der Waals surface area contributed by atoms with Crippen molar-refractivity contribution in [2.24, 2.45) is 5.73 Å². The molecule has 1 fully saturated rings. The van der Waals surface area contributed by atoms with Crippen LogP contribution in [0.2, 0.25) is 0 Å². The van der Waals surface area contributed by atoms with Gasteiger partial charge >= 0.3 is 0 Å². The maximum atomic E-state index is 12.9. The Morgan fingerprint density at radius 3 is 2.33 bits per heavy atom. The molecule has 160 valence electrons. The Bertz CT molecular complexity index is 1050. The molecule has 2 aromatic carbocycles. The fourth-order valence-corrected chi connectivity index (χ4v) is 4.61. The summed E-state index contributed by atoms with van der Waals surface area (Å²) in [5, 5.41) is 14.5. The SMILES string of the molecule is CN1CCN(S(=O)(=O)c2ccc(Nc3ccc(CC(N)=O)cc3)c([N+](=O)[O-])c2)CC1. The zero-order valence-corrected chi connectivity index (χ0v) is 17.3. The van der Waals surface area contributed by atoms with Crippen molar-refractivity contribution in [3.05, 3.63) is 58.1 Å². The topological polar surface area (TPSA) is 139 Å². The maximum absolute atomic E-state index is 12.9. The first kappa shape index (κ1) is 21.7. The van der Waals surface area contributed by atoms with Crippen molar-refractivity contribution in [2.45, 2.75) is 11.3 Å². The zero-order chi connectivity index (χ0) is 21.9. The molecular formula is C19H23N5O5S. The van der Waals surface area contributed by atoms with E-state index in [0.717, 1.165) is 11.6 Å². The van der Waals surface area contributed by atoms with Gasteiger partial charge < -0.3 is 16.0 Å². The molecule has 0 aliphatic carbocycles. The predicted molar refractivity (Wildman–Crippen MR) is 112 cm³/mol. The standard InChI is InChI=1S/C19H23N5O5S/c1-22-8-10-23(11-9-22)30(28,29)16-6-7-17(18(13-16)24(26)27)21-15-4-2-14(3-5-15)12-19(20)25/h2-7,13,21H,8-12H2,1H3,(H2,20,25). The third kappa shape index (κ3) is 4.93. The highest BCUT2D eigenvalue weighted by atomic mass is 32.2. The van der Waals surface area contributed by atoms with Gasteiger partial charge in [0.2, 0.25) is 15.9 Å². The van der Waals surface area contributed by atoms with Crippen LogP contribution >= 0.6 is 0 Å². The Balaban J connectivity index is 1.85. The smallest absolute Gasteiger partial charge is 0.294 e. The van der Waals surface area contributed by atoms with Crippen molar-refractivity contribution in [3.63, 3.8) is 0 Å². The molecule has 11 heteroatoms. The van der Waals surface area contributed by atoms with Crippen molar-refractivity contribution < 1.29 is 18.1 Å². The van der Waals surface area contributed by atoms with Crippen molar-refractivity contribution in [2.75, 3.05) is 38.5 Å². The summed E-state index contributed by atoms with van der Waals surface area (Å²) in [6, 6.07) is 10.5. The molecule has 0 spiro atoms. The van der Waals surface area contributed by atoms with Crippen molar-refractivity contribution in [1.82, 2.24) is 9.21 Å². The van der Waals surface area contributed by atoms with E-state index in [9.17, 15) is 23.3 Å². The first-order valence-corrected chi connectivity index (χ1v) is 10.7. The van der Waals surface area contributed by atoms with Gasteiger partial charge in [0.25, 0.3) is 5.69 Å². The Morgan fingerprint density at radius 1 is 1.13 bits per heavy atom.